The van der Waals surface area contributed by atoms with Crippen molar-refractivity contribution < 1.29 is 18.0 Å². The first-order valence-corrected chi connectivity index (χ1v) is 11.1. The maximum Gasteiger partial charge on any atom is 0.251 e. The summed E-state index contributed by atoms with van der Waals surface area (Å²) in [6, 6.07) is 7.33. The third kappa shape index (κ3) is 5.07. The normalized spacial score (nSPS) is 21.2. The summed E-state index contributed by atoms with van der Waals surface area (Å²) < 4.78 is 23.6. The Balaban J connectivity index is 1.58. The molecule has 0 bridgehead atoms. The summed E-state index contributed by atoms with van der Waals surface area (Å²) in [5.41, 5.74) is 1.61. The lowest BCUT2D eigenvalue weighted by Gasteiger charge is -2.30. The molecule has 0 radical (unpaired) electrons. The van der Waals surface area contributed by atoms with E-state index in [-0.39, 0.29) is 41.9 Å². The first kappa shape index (κ1) is 19.8. The molecule has 0 spiro atoms. The summed E-state index contributed by atoms with van der Waals surface area (Å²) in [5, 5.41) is 2.59. The molecule has 148 valence electrons. The Morgan fingerprint density at radius 1 is 1.11 bits per heavy atom. The van der Waals surface area contributed by atoms with Crippen molar-refractivity contribution >= 4 is 21.7 Å². The standard InChI is InChI=1S/C19H27N3O4S/c1-20-19(24)15-5-3-14(4-6-15)11-21(2)12-18(23)22(16-7-8-16)17-9-10-27(25,26)13-17/h3-6,16-17H,7-13H2,1-2H3,(H,20,24)/t17-/m1/s1. The zero-order valence-corrected chi connectivity index (χ0v) is 16.7. The second-order valence-electron chi connectivity index (χ2n) is 7.54. The lowest BCUT2D eigenvalue weighted by atomic mass is 10.1. The molecule has 1 aliphatic heterocycles. The molecule has 3 rings (SSSR count). The molecule has 1 saturated carbocycles. The minimum Gasteiger partial charge on any atom is -0.355 e. The van der Waals surface area contributed by atoms with E-state index in [0.717, 1.165) is 18.4 Å². The van der Waals surface area contributed by atoms with Crippen molar-refractivity contribution in [3.8, 4) is 0 Å². The Labute approximate surface area is 160 Å². The second kappa shape index (κ2) is 7.98. The van der Waals surface area contributed by atoms with E-state index in [0.29, 0.717) is 18.5 Å². The topological polar surface area (TPSA) is 86.8 Å². The van der Waals surface area contributed by atoms with Crippen molar-refractivity contribution in [2.75, 3.05) is 32.1 Å². The molecule has 1 heterocycles. The maximum absolute atomic E-state index is 12.8. The highest BCUT2D eigenvalue weighted by Gasteiger charge is 2.42. The number of likely N-dealkylation sites (N-methyl/N-ethyl adjacent to an activating group) is 1. The third-order valence-corrected chi connectivity index (χ3v) is 6.88. The summed E-state index contributed by atoms with van der Waals surface area (Å²) in [5.74, 6) is 0.155. The van der Waals surface area contributed by atoms with Gasteiger partial charge in [-0.05, 0) is 44.0 Å². The predicted octanol–water partition coefficient (Wildman–Crippen LogP) is 0.656. The highest BCUT2D eigenvalue weighted by atomic mass is 32.2. The SMILES string of the molecule is CNC(=O)c1ccc(CN(C)CC(=O)N(C2CC2)[C@@H]2CCS(=O)(=O)C2)cc1. The van der Waals surface area contributed by atoms with Gasteiger partial charge in [0, 0.05) is 31.2 Å². The van der Waals surface area contributed by atoms with E-state index >= 15 is 0 Å². The number of hydrogen-bond donors (Lipinski definition) is 1. The van der Waals surface area contributed by atoms with Gasteiger partial charge >= 0.3 is 0 Å². The molecule has 1 saturated heterocycles. The molecular formula is C19H27N3O4S. The molecular weight excluding hydrogens is 366 g/mol. The van der Waals surface area contributed by atoms with Gasteiger partial charge in [-0.2, -0.15) is 0 Å². The monoisotopic (exact) mass is 393 g/mol. The number of rotatable bonds is 7. The molecule has 1 N–H and O–H groups in total. The van der Waals surface area contributed by atoms with Crippen LogP contribution in [0.3, 0.4) is 0 Å². The maximum atomic E-state index is 12.8. The molecule has 1 aromatic rings. The van der Waals surface area contributed by atoms with Gasteiger partial charge in [0.1, 0.15) is 0 Å². The minimum atomic E-state index is -3.01. The van der Waals surface area contributed by atoms with Crippen LogP contribution in [0.4, 0.5) is 0 Å². The number of nitrogens with zero attached hydrogens (tertiary/aromatic N) is 2. The number of hydrogen-bond acceptors (Lipinski definition) is 5. The average molecular weight is 394 g/mol. The van der Waals surface area contributed by atoms with Gasteiger partial charge in [0.05, 0.1) is 18.1 Å². The van der Waals surface area contributed by atoms with Gasteiger partial charge < -0.3 is 10.2 Å². The van der Waals surface area contributed by atoms with Crippen molar-refractivity contribution in [1.82, 2.24) is 15.1 Å². The largest absolute Gasteiger partial charge is 0.355 e. The smallest absolute Gasteiger partial charge is 0.251 e. The van der Waals surface area contributed by atoms with Crippen molar-refractivity contribution in [2.24, 2.45) is 0 Å². The summed E-state index contributed by atoms with van der Waals surface area (Å²) in [7, 11) is 0.460. The zero-order chi connectivity index (χ0) is 19.6. The fourth-order valence-electron chi connectivity index (χ4n) is 3.64. The lowest BCUT2D eigenvalue weighted by molar-refractivity contribution is -0.134. The van der Waals surface area contributed by atoms with Crippen LogP contribution in [0, 0.1) is 0 Å². The molecule has 27 heavy (non-hydrogen) atoms. The van der Waals surface area contributed by atoms with Crippen LogP contribution in [0.2, 0.25) is 0 Å². The molecule has 0 unspecified atom stereocenters. The highest BCUT2D eigenvalue weighted by molar-refractivity contribution is 7.91. The minimum absolute atomic E-state index is 0.00378. The van der Waals surface area contributed by atoms with Gasteiger partial charge in [0.2, 0.25) is 5.91 Å². The zero-order valence-electron chi connectivity index (χ0n) is 15.8. The van der Waals surface area contributed by atoms with Gasteiger partial charge in [-0.3, -0.25) is 14.5 Å². The molecule has 1 aliphatic carbocycles. The van der Waals surface area contributed by atoms with Crippen LogP contribution in [-0.4, -0.2) is 74.3 Å². The third-order valence-electron chi connectivity index (χ3n) is 5.13. The number of amides is 2. The molecule has 2 fully saturated rings. The Kier molecular flexibility index (Phi) is 5.86. The van der Waals surface area contributed by atoms with Crippen LogP contribution in [-0.2, 0) is 21.2 Å². The van der Waals surface area contributed by atoms with E-state index in [1.807, 2.05) is 29.0 Å². The lowest BCUT2D eigenvalue weighted by Crippen LogP contribution is -2.46. The van der Waals surface area contributed by atoms with Crippen molar-refractivity contribution in [1.29, 1.82) is 0 Å². The fraction of sp³-hybridized carbons (Fsp3) is 0.579. The van der Waals surface area contributed by atoms with Gasteiger partial charge in [-0.25, -0.2) is 8.42 Å². The molecule has 1 atom stereocenters. The summed E-state index contributed by atoms with van der Waals surface area (Å²) in [6.45, 7) is 0.839. The predicted molar refractivity (Wildman–Crippen MR) is 103 cm³/mol. The molecule has 1 aromatic carbocycles. The second-order valence-corrected chi connectivity index (χ2v) is 9.77. The van der Waals surface area contributed by atoms with Crippen molar-refractivity contribution in [3.63, 3.8) is 0 Å². The van der Waals surface area contributed by atoms with E-state index in [4.69, 9.17) is 0 Å². The van der Waals surface area contributed by atoms with E-state index in [1.165, 1.54) is 0 Å². The number of benzene rings is 1. The van der Waals surface area contributed by atoms with E-state index in [1.54, 1.807) is 19.2 Å². The molecule has 0 aromatic heterocycles. The van der Waals surface area contributed by atoms with E-state index < -0.39 is 9.84 Å². The fourth-order valence-corrected chi connectivity index (χ4v) is 5.35. The number of carbonyl (C=O) groups excluding carboxylic acids is 2. The van der Waals surface area contributed by atoms with Gasteiger partial charge in [0.15, 0.2) is 9.84 Å². The quantitative estimate of drug-likeness (QED) is 0.735. The van der Waals surface area contributed by atoms with Crippen LogP contribution in [0.1, 0.15) is 35.2 Å². The number of sulfone groups is 1. The van der Waals surface area contributed by atoms with E-state index in [9.17, 15) is 18.0 Å². The molecule has 7 nitrogen and oxygen atoms in total. The van der Waals surface area contributed by atoms with Crippen molar-refractivity contribution in [2.45, 2.75) is 37.9 Å². The van der Waals surface area contributed by atoms with Crippen LogP contribution >= 0.6 is 0 Å². The number of carbonyl (C=O) groups is 2. The molecule has 8 heteroatoms. The number of nitrogens with one attached hydrogen (secondary N) is 1. The van der Waals surface area contributed by atoms with Crippen molar-refractivity contribution in [3.05, 3.63) is 35.4 Å². The van der Waals surface area contributed by atoms with Gasteiger partial charge in [-0.1, -0.05) is 12.1 Å². The Morgan fingerprint density at radius 2 is 1.78 bits per heavy atom. The first-order valence-electron chi connectivity index (χ1n) is 9.30. The van der Waals surface area contributed by atoms with Gasteiger partial charge in [-0.15, -0.1) is 0 Å². The molecule has 2 aliphatic rings. The van der Waals surface area contributed by atoms with Crippen LogP contribution in [0.25, 0.3) is 0 Å². The summed E-state index contributed by atoms with van der Waals surface area (Å²) in [6.07, 6.45) is 2.48. The summed E-state index contributed by atoms with van der Waals surface area (Å²) in [4.78, 5) is 28.2. The molecule has 2 amide bonds. The summed E-state index contributed by atoms with van der Waals surface area (Å²) >= 11 is 0. The van der Waals surface area contributed by atoms with Crippen LogP contribution in [0.15, 0.2) is 24.3 Å². The average Bonchev–Trinajstić information content (AvgIpc) is 3.38. The Bertz CT molecular complexity index is 803. The van der Waals surface area contributed by atoms with Crippen LogP contribution < -0.4 is 5.32 Å². The highest BCUT2D eigenvalue weighted by Crippen LogP contribution is 2.32. The van der Waals surface area contributed by atoms with Gasteiger partial charge in [0.25, 0.3) is 5.91 Å². The Hall–Kier alpha value is -1.93. The van der Waals surface area contributed by atoms with Crippen LogP contribution in [0.5, 0.6) is 0 Å². The Morgan fingerprint density at radius 3 is 2.30 bits per heavy atom. The first-order chi connectivity index (χ1) is 12.8. The van der Waals surface area contributed by atoms with E-state index in [2.05, 4.69) is 5.32 Å².